The van der Waals surface area contributed by atoms with E-state index in [1.54, 1.807) is 0 Å². The molecule has 1 N–H and O–H groups in total. The molecule has 2 nitrogen and oxygen atoms in total. The van der Waals surface area contributed by atoms with Crippen molar-refractivity contribution in [3.8, 4) is 0 Å². The van der Waals surface area contributed by atoms with Crippen LogP contribution >= 0.6 is 31.9 Å². The number of amides is 1. The normalized spacial score (nSPS) is 15.1. The topological polar surface area (TPSA) is 29.1 Å². The zero-order valence-corrected chi connectivity index (χ0v) is 14.5. The van der Waals surface area contributed by atoms with E-state index in [-0.39, 0.29) is 11.5 Å². The molecule has 0 atom stereocenters. The summed E-state index contributed by atoms with van der Waals surface area (Å²) in [7, 11) is 0. The highest BCUT2D eigenvalue weighted by atomic mass is 79.9. The maximum atomic E-state index is 13.8. The number of halogens is 4. The van der Waals surface area contributed by atoms with Gasteiger partial charge in [-0.3, -0.25) is 4.79 Å². The molecule has 0 saturated heterocycles. The lowest BCUT2D eigenvalue weighted by Crippen LogP contribution is -2.04. The minimum absolute atomic E-state index is 0.162. The van der Waals surface area contributed by atoms with E-state index in [1.807, 2.05) is 13.0 Å². The SMILES string of the molecule is Cc1c(Br)cc(Br)c2c1C(=Cc1ccc(F)cc1F)C(=O)N2. The van der Waals surface area contributed by atoms with Gasteiger partial charge < -0.3 is 5.32 Å². The van der Waals surface area contributed by atoms with Crippen molar-refractivity contribution in [2.24, 2.45) is 0 Å². The molecule has 1 heterocycles. The predicted octanol–water partition coefficient (Wildman–Crippen LogP) is 5.29. The van der Waals surface area contributed by atoms with Crippen LogP contribution in [0.4, 0.5) is 14.5 Å². The molecule has 2 aromatic carbocycles. The van der Waals surface area contributed by atoms with Gasteiger partial charge in [0.2, 0.25) is 0 Å². The van der Waals surface area contributed by atoms with Crippen molar-refractivity contribution in [2.45, 2.75) is 6.92 Å². The molecule has 0 unspecified atom stereocenters. The van der Waals surface area contributed by atoms with Gasteiger partial charge in [0.1, 0.15) is 11.6 Å². The van der Waals surface area contributed by atoms with Gasteiger partial charge in [-0.25, -0.2) is 8.78 Å². The zero-order chi connectivity index (χ0) is 16.0. The Kier molecular flexibility index (Phi) is 3.91. The summed E-state index contributed by atoms with van der Waals surface area (Å²) in [6.07, 6.45) is 1.43. The van der Waals surface area contributed by atoms with Crippen molar-refractivity contribution < 1.29 is 13.6 Å². The number of rotatable bonds is 1. The molecule has 0 bridgehead atoms. The van der Waals surface area contributed by atoms with Gasteiger partial charge >= 0.3 is 0 Å². The average Bonchev–Trinajstić information content (AvgIpc) is 2.77. The second-order valence-corrected chi connectivity index (χ2v) is 6.60. The number of carbonyl (C=O) groups is 1. The van der Waals surface area contributed by atoms with Crippen molar-refractivity contribution >= 4 is 55.1 Å². The van der Waals surface area contributed by atoms with Gasteiger partial charge in [-0.05, 0) is 52.7 Å². The van der Waals surface area contributed by atoms with E-state index < -0.39 is 11.6 Å². The third-order valence-electron chi connectivity index (χ3n) is 3.49. The van der Waals surface area contributed by atoms with E-state index in [4.69, 9.17) is 0 Å². The van der Waals surface area contributed by atoms with Crippen LogP contribution in [0.3, 0.4) is 0 Å². The summed E-state index contributed by atoms with van der Waals surface area (Å²) in [6.45, 7) is 1.87. The standard InChI is InChI=1S/C16H9Br2F2NO/c1-7-11(17)6-12(18)15-14(7)10(16(22)21-15)4-8-2-3-9(19)5-13(8)20/h2-6H,1H3,(H,21,22). The summed E-state index contributed by atoms with van der Waals surface area (Å²) in [5, 5.41) is 2.76. The van der Waals surface area contributed by atoms with Crippen molar-refractivity contribution in [3.05, 3.63) is 61.5 Å². The predicted molar refractivity (Wildman–Crippen MR) is 89.4 cm³/mol. The van der Waals surface area contributed by atoms with Gasteiger partial charge in [-0.2, -0.15) is 0 Å². The number of hydrogen-bond acceptors (Lipinski definition) is 1. The van der Waals surface area contributed by atoms with Crippen LogP contribution in [-0.4, -0.2) is 5.91 Å². The molecule has 22 heavy (non-hydrogen) atoms. The molecule has 0 saturated carbocycles. The molecule has 0 aromatic heterocycles. The molecule has 6 heteroatoms. The first-order chi connectivity index (χ1) is 10.4. The van der Waals surface area contributed by atoms with E-state index in [1.165, 1.54) is 12.1 Å². The van der Waals surface area contributed by atoms with Gasteiger partial charge in [0.25, 0.3) is 5.91 Å². The van der Waals surface area contributed by atoms with Crippen molar-refractivity contribution in [1.29, 1.82) is 0 Å². The minimum Gasteiger partial charge on any atom is -0.320 e. The van der Waals surface area contributed by atoms with Gasteiger partial charge in [0, 0.05) is 26.1 Å². The third-order valence-corrected chi connectivity index (χ3v) is 4.94. The van der Waals surface area contributed by atoms with Crippen LogP contribution in [0.2, 0.25) is 0 Å². The first kappa shape index (κ1) is 15.4. The summed E-state index contributed by atoms with van der Waals surface area (Å²) in [5.41, 5.74) is 2.73. The second kappa shape index (κ2) is 5.59. The maximum absolute atomic E-state index is 13.8. The summed E-state index contributed by atoms with van der Waals surface area (Å²) in [6, 6.07) is 5.11. The van der Waals surface area contributed by atoms with Crippen LogP contribution in [0, 0.1) is 18.6 Å². The quantitative estimate of drug-likeness (QED) is 0.614. The van der Waals surface area contributed by atoms with Crippen LogP contribution < -0.4 is 5.32 Å². The van der Waals surface area contributed by atoms with E-state index in [0.717, 1.165) is 26.6 Å². The van der Waals surface area contributed by atoms with E-state index in [2.05, 4.69) is 37.2 Å². The number of nitrogens with one attached hydrogen (secondary N) is 1. The van der Waals surface area contributed by atoms with E-state index in [0.29, 0.717) is 16.8 Å². The lowest BCUT2D eigenvalue weighted by molar-refractivity contribution is -0.110. The third kappa shape index (κ3) is 2.50. The minimum atomic E-state index is -0.708. The fraction of sp³-hybridized carbons (Fsp3) is 0.0625. The Bertz CT molecular complexity index is 847. The van der Waals surface area contributed by atoms with Gasteiger partial charge in [0.15, 0.2) is 0 Å². The average molecular weight is 429 g/mol. The number of carbonyl (C=O) groups excluding carboxylic acids is 1. The molecule has 0 spiro atoms. The monoisotopic (exact) mass is 427 g/mol. The van der Waals surface area contributed by atoms with Crippen LogP contribution in [0.15, 0.2) is 33.2 Å². The lowest BCUT2D eigenvalue weighted by atomic mass is 9.99. The van der Waals surface area contributed by atoms with Crippen molar-refractivity contribution in [3.63, 3.8) is 0 Å². The Balaban J connectivity index is 2.22. The Hall–Kier alpha value is -1.53. The first-order valence-corrected chi connectivity index (χ1v) is 7.94. The smallest absolute Gasteiger partial charge is 0.256 e. The molecule has 3 rings (SSSR count). The molecule has 0 radical (unpaired) electrons. The Labute approximate surface area is 142 Å². The first-order valence-electron chi connectivity index (χ1n) is 6.35. The highest BCUT2D eigenvalue weighted by Crippen LogP contribution is 2.43. The molecule has 2 aromatic rings. The molecule has 112 valence electrons. The van der Waals surface area contributed by atoms with Gasteiger partial charge in [-0.1, -0.05) is 15.9 Å². The molecule has 0 fully saturated rings. The number of hydrogen-bond donors (Lipinski definition) is 1. The van der Waals surface area contributed by atoms with Crippen LogP contribution in [0.1, 0.15) is 16.7 Å². The molecule has 1 aliphatic rings. The maximum Gasteiger partial charge on any atom is 0.256 e. The number of benzene rings is 2. The number of anilines is 1. The molecule has 1 amide bonds. The Morgan fingerprint density at radius 3 is 2.55 bits per heavy atom. The largest absolute Gasteiger partial charge is 0.320 e. The Morgan fingerprint density at radius 2 is 1.86 bits per heavy atom. The molecular formula is C16H9Br2F2NO. The van der Waals surface area contributed by atoms with Crippen LogP contribution in [0.25, 0.3) is 11.6 Å². The number of fused-ring (bicyclic) bond motifs is 1. The van der Waals surface area contributed by atoms with Gasteiger partial charge in [-0.15, -0.1) is 0 Å². The van der Waals surface area contributed by atoms with E-state index in [9.17, 15) is 13.6 Å². The lowest BCUT2D eigenvalue weighted by Gasteiger charge is -2.08. The van der Waals surface area contributed by atoms with E-state index >= 15 is 0 Å². The van der Waals surface area contributed by atoms with Gasteiger partial charge in [0.05, 0.1) is 11.3 Å². The summed E-state index contributed by atoms with van der Waals surface area (Å²) < 4.78 is 28.4. The second-order valence-electron chi connectivity index (χ2n) is 4.89. The molecule has 1 aliphatic heterocycles. The van der Waals surface area contributed by atoms with Crippen molar-refractivity contribution in [1.82, 2.24) is 0 Å². The highest BCUT2D eigenvalue weighted by Gasteiger charge is 2.29. The van der Waals surface area contributed by atoms with Crippen LogP contribution in [-0.2, 0) is 4.79 Å². The summed E-state index contributed by atoms with van der Waals surface area (Å²) >= 11 is 6.84. The zero-order valence-electron chi connectivity index (χ0n) is 11.3. The fourth-order valence-corrected chi connectivity index (χ4v) is 3.64. The summed E-state index contributed by atoms with van der Waals surface area (Å²) in [4.78, 5) is 12.2. The van der Waals surface area contributed by atoms with Crippen LogP contribution in [0.5, 0.6) is 0 Å². The highest BCUT2D eigenvalue weighted by molar-refractivity contribution is 9.11. The van der Waals surface area contributed by atoms with Crippen molar-refractivity contribution in [2.75, 3.05) is 5.32 Å². The molecule has 0 aliphatic carbocycles. The fourth-order valence-electron chi connectivity index (χ4n) is 2.38. The molecular weight excluding hydrogens is 420 g/mol. The summed E-state index contributed by atoms with van der Waals surface area (Å²) in [5.74, 6) is -1.68. The Morgan fingerprint density at radius 1 is 1.14 bits per heavy atom.